The maximum Gasteiger partial charge on any atom is 0.184 e. The van der Waals surface area contributed by atoms with Gasteiger partial charge in [-0.2, -0.15) is 0 Å². The summed E-state index contributed by atoms with van der Waals surface area (Å²) in [6.07, 6.45) is 7.14. The van der Waals surface area contributed by atoms with Gasteiger partial charge in [0.1, 0.15) is 5.52 Å². The number of rotatable bonds is 5. The highest BCUT2D eigenvalue weighted by Gasteiger charge is 2.23. The molecule has 0 amide bonds. The molecule has 8 heteroatoms. The molecule has 1 saturated carbocycles. The van der Waals surface area contributed by atoms with Crippen molar-refractivity contribution in [3.63, 3.8) is 0 Å². The van der Waals surface area contributed by atoms with Crippen molar-refractivity contribution in [2.24, 2.45) is 0 Å². The van der Waals surface area contributed by atoms with Crippen LogP contribution >= 0.6 is 11.3 Å². The van der Waals surface area contributed by atoms with Gasteiger partial charge < -0.3 is 15.0 Å². The number of anilines is 1. The molecule has 0 radical (unpaired) electrons. The minimum absolute atomic E-state index is 0.0141. The van der Waals surface area contributed by atoms with E-state index in [1.807, 2.05) is 10.6 Å². The van der Waals surface area contributed by atoms with E-state index in [9.17, 15) is 9.90 Å². The van der Waals surface area contributed by atoms with Crippen LogP contribution in [0.1, 0.15) is 48.5 Å². The van der Waals surface area contributed by atoms with Gasteiger partial charge >= 0.3 is 0 Å². The number of carbonyl (C=O) groups is 1. The van der Waals surface area contributed by atoms with E-state index in [0.29, 0.717) is 12.1 Å². The van der Waals surface area contributed by atoms with E-state index in [0.717, 1.165) is 57.8 Å². The average Bonchev–Trinajstić information content (AvgIpc) is 3.32. The molecule has 5 rings (SSSR count). The molecule has 7 nitrogen and oxygen atoms in total. The van der Waals surface area contributed by atoms with Crippen LogP contribution in [0, 0.1) is 0 Å². The predicted molar refractivity (Wildman–Crippen MR) is 118 cm³/mol. The molecule has 0 saturated heterocycles. The molecule has 2 N–H and O–H groups in total. The zero-order valence-electron chi connectivity index (χ0n) is 16.7. The van der Waals surface area contributed by atoms with E-state index >= 15 is 0 Å². The summed E-state index contributed by atoms with van der Waals surface area (Å²) in [5, 5.41) is 14.5. The molecular formula is C22H23N5O2S. The quantitative estimate of drug-likeness (QED) is 0.473. The van der Waals surface area contributed by atoms with Crippen LogP contribution in [-0.4, -0.2) is 42.6 Å². The summed E-state index contributed by atoms with van der Waals surface area (Å²) in [4.78, 5) is 25.1. The molecule has 4 aromatic rings. The molecule has 2 atom stereocenters. The highest BCUT2D eigenvalue weighted by molar-refractivity contribution is 7.22. The summed E-state index contributed by atoms with van der Waals surface area (Å²) < 4.78 is 3.09. The molecule has 1 aliphatic rings. The van der Waals surface area contributed by atoms with E-state index in [4.69, 9.17) is 0 Å². The lowest BCUT2D eigenvalue weighted by Crippen LogP contribution is -2.36. The second kappa shape index (κ2) is 7.77. The molecule has 0 aliphatic heterocycles. The number of nitrogens with zero attached hydrogens (tertiary/aromatic N) is 4. The summed E-state index contributed by atoms with van der Waals surface area (Å²) in [6, 6.07) is 8.11. The van der Waals surface area contributed by atoms with Crippen molar-refractivity contribution >= 4 is 43.6 Å². The molecular weight excluding hydrogens is 398 g/mol. The summed E-state index contributed by atoms with van der Waals surface area (Å²) >= 11 is 1.62. The van der Waals surface area contributed by atoms with Gasteiger partial charge in [0, 0.05) is 11.8 Å². The van der Waals surface area contributed by atoms with Crippen LogP contribution in [0.25, 0.3) is 21.4 Å². The number of thiazole rings is 1. The lowest BCUT2D eigenvalue weighted by Gasteiger charge is -2.27. The maximum absolute atomic E-state index is 11.6. The third-order valence-electron chi connectivity index (χ3n) is 5.71. The van der Waals surface area contributed by atoms with Crippen molar-refractivity contribution in [3.05, 3.63) is 47.9 Å². The van der Waals surface area contributed by atoms with Crippen LogP contribution in [0.15, 0.2) is 36.8 Å². The number of Topliss-reactive ketones (excluding diaryl/α,β-unsaturated/α-hetero) is 1. The molecule has 2 unspecified atom stereocenters. The average molecular weight is 422 g/mol. The molecule has 30 heavy (non-hydrogen) atoms. The van der Waals surface area contributed by atoms with Crippen molar-refractivity contribution in [2.45, 2.75) is 51.3 Å². The molecule has 0 spiro atoms. The summed E-state index contributed by atoms with van der Waals surface area (Å²) in [7, 11) is 0. The van der Waals surface area contributed by atoms with Crippen LogP contribution < -0.4 is 5.32 Å². The van der Waals surface area contributed by atoms with Gasteiger partial charge in [0.15, 0.2) is 16.6 Å². The number of ketones is 1. The van der Waals surface area contributed by atoms with Gasteiger partial charge in [0.25, 0.3) is 0 Å². The zero-order chi connectivity index (χ0) is 20.7. The number of aliphatic hydroxyl groups is 1. The Hall–Kier alpha value is -2.84. The number of hydrogen-bond donors (Lipinski definition) is 2. The minimum Gasteiger partial charge on any atom is -0.391 e. The SMILES string of the molecule is CC(=O)c1cnc2c(c1)ncn2Cc1ccc2nc(NC3CCCCC3O)sc2c1. The van der Waals surface area contributed by atoms with Gasteiger partial charge in [0.05, 0.1) is 35.2 Å². The Morgan fingerprint density at radius 3 is 2.93 bits per heavy atom. The summed E-state index contributed by atoms with van der Waals surface area (Å²) in [5.74, 6) is -0.0141. The largest absolute Gasteiger partial charge is 0.391 e. The molecule has 154 valence electrons. The molecule has 3 heterocycles. The minimum atomic E-state index is -0.299. The van der Waals surface area contributed by atoms with E-state index < -0.39 is 0 Å². The second-order valence-electron chi connectivity index (χ2n) is 7.92. The van der Waals surface area contributed by atoms with Crippen LogP contribution in [0.4, 0.5) is 5.13 Å². The lowest BCUT2D eigenvalue weighted by molar-refractivity contribution is 0.101. The van der Waals surface area contributed by atoms with Crippen molar-refractivity contribution in [3.8, 4) is 0 Å². The van der Waals surface area contributed by atoms with Gasteiger partial charge in [-0.1, -0.05) is 30.2 Å². The highest BCUT2D eigenvalue weighted by atomic mass is 32.1. The Morgan fingerprint density at radius 2 is 2.10 bits per heavy atom. The zero-order valence-corrected chi connectivity index (χ0v) is 17.5. The van der Waals surface area contributed by atoms with Gasteiger partial charge in [-0.25, -0.2) is 15.0 Å². The van der Waals surface area contributed by atoms with Crippen molar-refractivity contribution in [1.82, 2.24) is 19.5 Å². The predicted octanol–water partition coefficient (Wildman–Crippen LogP) is 4.01. The highest BCUT2D eigenvalue weighted by Crippen LogP contribution is 2.30. The van der Waals surface area contributed by atoms with Crippen molar-refractivity contribution in [2.75, 3.05) is 5.32 Å². The van der Waals surface area contributed by atoms with Gasteiger partial charge in [-0.3, -0.25) is 4.79 Å². The fourth-order valence-electron chi connectivity index (χ4n) is 4.02. The van der Waals surface area contributed by atoms with E-state index in [-0.39, 0.29) is 17.9 Å². The lowest BCUT2D eigenvalue weighted by atomic mass is 9.93. The van der Waals surface area contributed by atoms with Crippen LogP contribution in [-0.2, 0) is 6.54 Å². The standard InChI is InChI=1S/C22H23N5O2S/c1-13(28)15-9-18-21(23-10-15)27(12-24-18)11-14-6-7-17-20(8-14)30-22(26-17)25-16-4-2-3-5-19(16)29/h6-10,12,16,19,29H,2-5,11H2,1H3,(H,25,26). The van der Waals surface area contributed by atoms with Crippen molar-refractivity contribution < 1.29 is 9.90 Å². The molecule has 1 fully saturated rings. The first kappa shape index (κ1) is 19.1. The third-order valence-corrected chi connectivity index (χ3v) is 6.66. The monoisotopic (exact) mass is 421 g/mol. The van der Waals surface area contributed by atoms with Gasteiger partial charge in [0.2, 0.25) is 0 Å². The van der Waals surface area contributed by atoms with Crippen LogP contribution in [0.2, 0.25) is 0 Å². The number of imidazole rings is 1. The fraction of sp³-hybridized carbons (Fsp3) is 0.364. The Kier molecular flexibility index (Phi) is 4.96. The maximum atomic E-state index is 11.6. The number of pyridine rings is 1. The van der Waals surface area contributed by atoms with Gasteiger partial charge in [-0.05, 0) is 43.5 Å². The Bertz CT molecular complexity index is 1230. The van der Waals surface area contributed by atoms with Gasteiger partial charge in [-0.15, -0.1) is 0 Å². The number of hydrogen-bond acceptors (Lipinski definition) is 7. The smallest absolute Gasteiger partial charge is 0.184 e. The Labute approximate surface area is 177 Å². The van der Waals surface area contributed by atoms with Crippen LogP contribution in [0.3, 0.4) is 0 Å². The number of carbonyl (C=O) groups excluding carboxylic acids is 1. The second-order valence-corrected chi connectivity index (χ2v) is 8.95. The summed E-state index contributed by atoms with van der Waals surface area (Å²) in [6.45, 7) is 2.17. The number of fused-ring (bicyclic) bond motifs is 2. The number of aliphatic hydroxyl groups excluding tert-OH is 1. The number of nitrogens with one attached hydrogen (secondary N) is 1. The van der Waals surface area contributed by atoms with E-state index in [1.54, 1.807) is 29.9 Å². The molecule has 1 aliphatic carbocycles. The Morgan fingerprint density at radius 1 is 1.23 bits per heavy atom. The summed E-state index contributed by atoms with van der Waals surface area (Å²) in [5.41, 5.74) is 4.14. The molecule has 1 aromatic carbocycles. The molecule has 0 bridgehead atoms. The third kappa shape index (κ3) is 3.68. The molecule has 3 aromatic heterocycles. The first-order valence-electron chi connectivity index (χ1n) is 10.2. The first-order chi connectivity index (χ1) is 14.6. The van der Waals surface area contributed by atoms with Crippen molar-refractivity contribution in [1.29, 1.82) is 0 Å². The van der Waals surface area contributed by atoms with E-state index in [1.165, 1.54) is 6.92 Å². The normalized spacial score (nSPS) is 19.4. The topological polar surface area (TPSA) is 92.9 Å². The van der Waals surface area contributed by atoms with E-state index in [2.05, 4.69) is 32.4 Å². The number of aromatic nitrogens is 4. The first-order valence-corrected chi connectivity index (χ1v) is 11.0. The fourth-order valence-corrected chi connectivity index (χ4v) is 5.01. The van der Waals surface area contributed by atoms with Crippen LogP contribution in [0.5, 0.6) is 0 Å². The number of benzene rings is 1. The Balaban J connectivity index is 1.37.